The molecule has 0 radical (unpaired) electrons. The molecule has 34 heavy (non-hydrogen) atoms. The van der Waals surface area contributed by atoms with Crippen molar-refractivity contribution in [3.8, 4) is 0 Å². The number of nitrogens with one attached hydrogen (secondary N) is 3. The standard InChI is InChI=1S/C27H34ClN3O3/c28-22-11-13-23(14-12-22)30-27(33)34-25(21-9-5-2-6-10-21)26(32)31-24(19-7-3-1-4-8-19)20-15-17-29-18-16-20/h2,5-6,9-14,19-20,24-25,29H,1,3-4,7-8,15-18H2,(H,30,33)(H,31,32)/t24?,25-/m1/s1. The zero-order valence-corrected chi connectivity index (χ0v) is 20.2. The number of hydrogen-bond donors (Lipinski definition) is 3. The van der Waals surface area contributed by atoms with Crippen LogP contribution in [0.25, 0.3) is 0 Å². The van der Waals surface area contributed by atoms with Crippen LogP contribution < -0.4 is 16.0 Å². The van der Waals surface area contributed by atoms with Gasteiger partial charge in [0.2, 0.25) is 6.10 Å². The van der Waals surface area contributed by atoms with Gasteiger partial charge in [0.1, 0.15) is 0 Å². The van der Waals surface area contributed by atoms with Gasteiger partial charge in [-0.1, -0.05) is 61.2 Å². The first-order chi connectivity index (χ1) is 16.6. The van der Waals surface area contributed by atoms with Crippen molar-refractivity contribution in [3.63, 3.8) is 0 Å². The van der Waals surface area contributed by atoms with Crippen LogP contribution in [0.5, 0.6) is 0 Å². The molecule has 0 aromatic heterocycles. The lowest BCUT2D eigenvalue weighted by molar-refractivity contribution is -0.131. The second kappa shape index (κ2) is 12.2. The van der Waals surface area contributed by atoms with E-state index < -0.39 is 12.2 Å². The van der Waals surface area contributed by atoms with Gasteiger partial charge in [0.25, 0.3) is 5.91 Å². The van der Waals surface area contributed by atoms with Crippen molar-refractivity contribution in [3.05, 3.63) is 65.2 Å². The number of carbonyl (C=O) groups is 2. The largest absolute Gasteiger partial charge is 0.431 e. The van der Waals surface area contributed by atoms with Crippen molar-refractivity contribution >= 4 is 29.3 Å². The van der Waals surface area contributed by atoms with Crippen molar-refractivity contribution in [1.82, 2.24) is 10.6 Å². The quantitative estimate of drug-likeness (QED) is 0.472. The summed E-state index contributed by atoms with van der Waals surface area (Å²) >= 11 is 5.93. The highest BCUT2D eigenvalue weighted by Gasteiger charge is 2.35. The van der Waals surface area contributed by atoms with Crippen LogP contribution in [0.1, 0.15) is 56.6 Å². The van der Waals surface area contributed by atoms with E-state index in [1.54, 1.807) is 24.3 Å². The zero-order valence-electron chi connectivity index (χ0n) is 19.5. The summed E-state index contributed by atoms with van der Waals surface area (Å²) in [4.78, 5) is 26.3. The first-order valence-electron chi connectivity index (χ1n) is 12.4. The fraction of sp³-hybridized carbons (Fsp3) is 0.481. The summed E-state index contributed by atoms with van der Waals surface area (Å²) in [5.74, 6) is 0.652. The topological polar surface area (TPSA) is 79.5 Å². The van der Waals surface area contributed by atoms with Gasteiger partial charge in [-0.05, 0) is 74.9 Å². The number of benzene rings is 2. The summed E-state index contributed by atoms with van der Waals surface area (Å²) < 4.78 is 5.70. The number of carbonyl (C=O) groups excluding carboxylic acids is 2. The molecule has 4 rings (SSSR count). The van der Waals surface area contributed by atoms with E-state index in [-0.39, 0.29) is 11.9 Å². The molecule has 182 valence electrons. The van der Waals surface area contributed by atoms with Crippen LogP contribution in [-0.2, 0) is 9.53 Å². The van der Waals surface area contributed by atoms with Crippen LogP contribution in [0.15, 0.2) is 54.6 Å². The molecule has 2 fully saturated rings. The van der Waals surface area contributed by atoms with Crippen molar-refractivity contribution in [2.24, 2.45) is 11.8 Å². The monoisotopic (exact) mass is 483 g/mol. The van der Waals surface area contributed by atoms with Crippen molar-refractivity contribution in [2.45, 2.75) is 57.1 Å². The molecule has 1 unspecified atom stereocenters. The number of hydrogen-bond acceptors (Lipinski definition) is 4. The number of amides is 2. The molecule has 2 amide bonds. The molecule has 1 aliphatic heterocycles. The Morgan fingerprint density at radius 3 is 2.21 bits per heavy atom. The number of anilines is 1. The summed E-state index contributed by atoms with van der Waals surface area (Å²) in [6.45, 7) is 1.96. The molecule has 2 aliphatic rings. The fourth-order valence-corrected chi connectivity index (χ4v) is 5.37. The molecule has 0 spiro atoms. The average molecular weight is 484 g/mol. The first-order valence-corrected chi connectivity index (χ1v) is 12.8. The van der Waals surface area contributed by atoms with Crippen LogP contribution in [0.2, 0.25) is 5.02 Å². The predicted molar refractivity (Wildman–Crippen MR) is 135 cm³/mol. The third kappa shape index (κ3) is 6.73. The van der Waals surface area contributed by atoms with E-state index >= 15 is 0 Å². The van der Waals surface area contributed by atoms with Gasteiger partial charge in [-0.3, -0.25) is 10.1 Å². The predicted octanol–water partition coefficient (Wildman–Crippen LogP) is 5.69. The second-order valence-corrected chi connectivity index (χ2v) is 9.78. The lowest BCUT2D eigenvalue weighted by Crippen LogP contribution is -2.50. The highest BCUT2D eigenvalue weighted by atomic mass is 35.5. The van der Waals surface area contributed by atoms with Gasteiger partial charge in [0.05, 0.1) is 0 Å². The van der Waals surface area contributed by atoms with Crippen molar-refractivity contribution < 1.29 is 14.3 Å². The van der Waals surface area contributed by atoms with Gasteiger partial charge in [-0.2, -0.15) is 0 Å². The lowest BCUT2D eigenvalue weighted by Gasteiger charge is -2.39. The molecule has 0 bridgehead atoms. The van der Waals surface area contributed by atoms with E-state index in [2.05, 4.69) is 16.0 Å². The van der Waals surface area contributed by atoms with Crippen LogP contribution in [0.3, 0.4) is 0 Å². The van der Waals surface area contributed by atoms with Crippen molar-refractivity contribution in [2.75, 3.05) is 18.4 Å². The smallest absolute Gasteiger partial charge is 0.412 e. The molecule has 2 aromatic carbocycles. The van der Waals surface area contributed by atoms with E-state index in [0.29, 0.717) is 28.1 Å². The molecule has 2 atom stereocenters. The minimum Gasteiger partial charge on any atom is -0.431 e. The Kier molecular flexibility index (Phi) is 8.83. The van der Waals surface area contributed by atoms with E-state index in [1.807, 2.05) is 30.3 Å². The number of rotatable bonds is 7. The molecular formula is C27H34ClN3O3. The fourth-order valence-electron chi connectivity index (χ4n) is 5.25. The maximum Gasteiger partial charge on any atom is 0.412 e. The highest BCUT2D eigenvalue weighted by molar-refractivity contribution is 6.30. The Morgan fingerprint density at radius 1 is 0.882 bits per heavy atom. The Bertz CT molecular complexity index is 908. The van der Waals surface area contributed by atoms with Crippen LogP contribution in [0.4, 0.5) is 10.5 Å². The third-order valence-electron chi connectivity index (χ3n) is 7.01. The van der Waals surface area contributed by atoms with Crippen LogP contribution in [-0.4, -0.2) is 31.1 Å². The zero-order chi connectivity index (χ0) is 23.8. The molecule has 1 aliphatic carbocycles. The second-order valence-electron chi connectivity index (χ2n) is 9.35. The van der Waals surface area contributed by atoms with Crippen molar-refractivity contribution in [1.29, 1.82) is 0 Å². The Balaban J connectivity index is 1.50. The maximum atomic E-state index is 13.6. The molecule has 6 nitrogen and oxygen atoms in total. The minimum absolute atomic E-state index is 0.101. The molecular weight excluding hydrogens is 450 g/mol. The van der Waals surface area contributed by atoms with Gasteiger partial charge in [0, 0.05) is 22.3 Å². The normalized spacial score (nSPS) is 19.1. The van der Waals surface area contributed by atoms with Gasteiger partial charge in [0.15, 0.2) is 0 Å². The Labute approximate surface area is 206 Å². The third-order valence-corrected chi connectivity index (χ3v) is 7.27. The average Bonchev–Trinajstić information content (AvgIpc) is 2.88. The Morgan fingerprint density at radius 2 is 1.53 bits per heavy atom. The SMILES string of the molecule is O=C(Nc1ccc(Cl)cc1)O[C@@H](C(=O)NC(C1CCCCC1)C1CCNCC1)c1ccccc1. The van der Waals surface area contributed by atoms with Crippen LogP contribution in [0, 0.1) is 11.8 Å². The van der Waals surface area contributed by atoms with E-state index in [0.717, 1.165) is 38.8 Å². The number of halogens is 1. The number of ether oxygens (including phenoxy) is 1. The molecule has 2 aromatic rings. The molecule has 7 heteroatoms. The molecule has 1 saturated heterocycles. The van der Waals surface area contributed by atoms with Crippen LogP contribution >= 0.6 is 11.6 Å². The summed E-state index contributed by atoms with van der Waals surface area (Å²) in [5, 5.41) is 10.0. The highest BCUT2D eigenvalue weighted by Crippen LogP contribution is 2.33. The molecule has 3 N–H and O–H groups in total. The summed E-state index contributed by atoms with van der Waals surface area (Å²) in [5.41, 5.74) is 1.20. The minimum atomic E-state index is -1.03. The lowest BCUT2D eigenvalue weighted by atomic mass is 9.75. The van der Waals surface area contributed by atoms with E-state index in [9.17, 15) is 9.59 Å². The molecule has 1 heterocycles. The summed E-state index contributed by atoms with van der Waals surface area (Å²) in [6, 6.07) is 16.1. The van der Waals surface area contributed by atoms with Gasteiger partial charge in [-0.15, -0.1) is 0 Å². The van der Waals surface area contributed by atoms with Gasteiger partial charge < -0.3 is 15.4 Å². The molecule has 1 saturated carbocycles. The van der Waals surface area contributed by atoms with E-state index in [1.165, 1.54) is 19.3 Å². The van der Waals surface area contributed by atoms with Gasteiger partial charge in [-0.25, -0.2) is 4.79 Å². The van der Waals surface area contributed by atoms with E-state index in [4.69, 9.17) is 16.3 Å². The first kappa shape index (κ1) is 24.6. The summed E-state index contributed by atoms with van der Waals surface area (Å²) in [7, 11) is 0. The summed E-state index contributed by atoms with van der Waals surface area (Å²) in [6.07, 6.45) is 6.37. The maximum absolute atomic E-state index is 13.6. The van der Waals surface area contributed by atoms with Gasteiger partial charge >= 0.3 is 6.09 Å². The Hall–Kier alpha value is -2.57. The number of piperidine rings is 1.